The van der Waals surface area contributed by atoms with Crippen molar-refractivity contribution in [2.24, 2.45) is 5.16 Å². The van der Waals surface area contributed by atoms with Gasteiger partial charge < -0.3 is 9.57 Å². The summed E-state index contributed by atoms with van der Waals surface area (Å²) in [7, 11) is -3.31. The minimum Gasteiger partial charge on any atom is -0.389 e. The Morgan fingerprint density at radius 2 is 2.07 bits per heavy atom. The lowest BCUT2D eigenvalue weighted by molar-refractivity contribution is -0.110. The van der Waals surface area contributed by atoms with Crippen LogP contribution in [0.1, 0.15) is 37.6 Å². The maximum Gasteiger partial charge on any atom is 0.280 e. The molecule has 2 heterocycles. The lowest BCUT2D eigenvalue weighted by atomic mass is 10.1. The zero-order chi connectivity index (χ0) is 21.1. The zero-order valence-corrected chi connectivity index (χ0v) is 18.0. The Hall–Kier alpha value is -2.37. The van der Waals surface area contributed by atoms with Gasteiger partial charge in [-0.2, -0.15) is 4.37 Å². The molecule has 1 aromatic heterocycles. The summed E-state index contributed by atoms with van der Waals surface area (Å²) in [5.74, 6) is 0.133. The number of rotatable bonds is 8. The molecule has 1 N–H and O–H groups in total. The topological polar surface area (TPSA) is 120 Å². The molecule has 160 valence electrons. The number of nitrogens with one attached hydrogen (secondary N) is 1. The molecule has 1 aliphatic carbocycles. The van der Waals surface area contributed by atoms with Crippen molar-refractivity contribution < 1.29 is 22.8 Å². The van der Waals surface area contributed by atoms with Crippen LogP contribution in [0.15, 0.2) is 34.3 Å². The third-order valence-corrected chi connectivity index (χ3v) is 7.77. The maximum atomic E-state index is 12.9. The fourth-order valence-corrected chi connectivity index (χ4v) is 5.23. The average molecular weight is 451 g/mol. The molecule has 1 saturated heterocycles. The number of sulfone groups is 1. The molecule has 1 amide bonds. The highest BCUT2D eigenvalue weighted by atomic mass is 32.2. The Labute approximate surface area is 178 Å². The van der Waals surface area contributed by atoms with Crippen molar-refractivity contribution in [2.75, 3.05) is 18.5 Å². The predicted octanol–water partition coefficient (Wildman–Crippen LogP) is 2.18. The third-order valence-electron chi connectivity index (χ3n) is 4.82. The molecule has 9 nitrogen and oxygen atoms in total. The molecule has 1 atom stereocenters. The Kier molecular flexibility index (Phi) is 6.11. The molecule has 0 radical (unpaired) electrons. The molecule has 30 heavy (non-hydrogen) atoms. The first-order valence-electron chi connectivity index (χ1n) is 9.77. The molecule has 4 rings (SSSR count). The molecule has 0 unspecified atom stereocenters. The lowest BCUT2D eigenvalue weighted by Crippen LogP contribution is -2.25. The van der Waals surface area contributed by atoms with Gasteiger partial charge in [0.05, 0.1) is 23.4 Å². The number of benzene rings is 1. The maximum absolute atomic E-state index is 12.9. The molecule has 1 aliphatic heterocycles. The standard InChI is InChI=1S/C19H22N4O5S2/c1-2-16-20-19(29-23-16)21-18(24)17(22-28-13-9-10-27-11-13)12-3-5-14(6-4-12)30(25,26)15-7-8-15/h3-6,13,15H,2,7-11H2,1H3,(H,20,21,23,24)/t13-/m1/s1. The summed E-state index contributed by atoms with van der Waals surface area (Å²) >= 11 is 1.09. The van der Waals surface area contributed by atoms with Crippen LogP contribution in [0.25, 0.3) is 0 Å². The van der Waals surface area contributed by atoms with Crippen LogP contribution in [0.3, 0.4) is 0 Å². The summed E-state index contributed by atoms with van der Waals surface area (Å²) in [6.45, 7) is 2.92. The molecule has 11 heteroatoms. The van der Waals surface area contributed by atoms with E-state index in [1.807, 2.05) is 6.92 Å². The summed E-state index contributed by atoms with van der Waals surface area (Å²) in [6.07, 6.45) is 2.51. The van der Waals surface area contributed by atoms with Crippen molar-refractivity contribution in [3.05, 3.63) is 35.7 Å². The van der Waals surface area contributed by atoms with Crippen molar-refractivity contribution in [2.45, 2.75) is 48.9 Å². The number of carbonyl (C=O) groups excluding carboxylic acids is 1. The Balaban J connectivity index is 1.57. The second kappa shape index (κ2) is 8.78. The van der Waals surface area contributed by atoms with E-state index >= 15 is 0 Å². The SMILES string of the molecule is CCc1nsc(NC(=O)C(=NO[C@@H]2CCOC2)c2ccc(S(=O)(=O)C3CC3)cc2)n1. The monoisotopic (exact) mass is 450 g/mol. The molecular formula is C19H22N4O5S2. The number of amides is 1. The van der Waals surface area contributed by atoms with E-state index in [1.54, 1.807) is 12.1 Å². The van der Waals surface area contributed by atoms with E-state index in [0.717, 1.165) is 11.5 Å². The fraction of sp³-hybridized carbons (Fsp3) is 0.474. The van der Waals surface area contributed by atoms with E-state index in [4.69, 9.17) is 9.57 Å². The first-order valence-corrected chi connectivity index (χ1v) is 12.1. The first-order chi connectivity index (χ1) is 14.5. The van der Waals surface area contributed by atoms with E-state index < -0.39 is 15.7 Å². The van der Waals surface area contributed by atoms with Crippen LogP contribution < -0.4 is 5.32 Å². The largest absolute Gasteiger partial charge is 0.389 e. The number of anilines is 1. The fourth-order valence-electron chi connectivity index (χ4n) is 2.93. The second-order valence-electron chi connectivity index (χ2n) is 7.12. The summed E-state index contributed by atoms with van der Waals surface area (Å²) < 4.78 is 34.3. The Bertz CT molecular complexity index is 1040. The van der Waals surface area contributed by atoms with E-state index in [9.17, 15) is 13.2 Å². The van der Waals surface area contributed by atoms with Gasteiger partial charge in [0.25, 0.3) is 5.91 Å². The number of oxime groups is 1. The highest BCUT2D eigenvalue weighted by molar-refractivity contribution is 7.92. The van der Waals surface area contributed by atoms with E-state index in [-0.39, 0.29) is 22.0 Å². The van der Waals surface area contributed by atoms with Crippen LogP contribution in [0, 0.1) is 0 Å². The van der Waals surface area contributed by atoms with Crippen LogP contribution in [0.2, 0.25) is 0 Å². The van der Waals surface area contributed by atoms with Crippen LogP contribution in [-0.4, -0.2) is 54.0 Å². The third kappa shape index (κ3) is 4.68. The van der Waals surface area contributed by atoms with Crippen molar-refractivity contribution >= 4 is 38.1 Å². The summed E-state index contributed by atoms with van der Waals surface area (Å²) in [5.41, 5.74) is 0.479. The van der Waals surface area contributed by atoms with Gasteiger partial charge in [0.15, 0.2) is 21.7 Å². The predicted molar refractivity (Wildman–Crippen MR) is 111 cm³/mol. The van der Waals surface area contributed by atoms with Crippen LogP contribution >= 0.6 is 11.5 Å². The second-order valence-corrected chi connectivity index (χ2v) is 10.1. The molecule has 2 aromatic rings. The summed E-state index contributed by atoms with van der Waals surface area (Å²) in [4.78, 5) is 22.9. The molecule has 1 aromatic carbocycles. The highest BCUT2D eigenvalue weighted by Gasteiger charge is 2.36. The van der Waals surface area contributed by atoms with E-state index in [0.29, 0.717) is 55.4 Å². The number of nitrogens with zero attached hydrogens (tertiary/aromatic N) is 3. The Morgan fingerprint density at radius 1 is 1.30 bits per heavy atom. The van der Waals surface area contributed by atoms with Gasteiger partial charge in [0.2, 0.25) is 5.13 Å². The van der Waals surface area contributed by atoms with Crippen molar-refractivity contribution in [3.63, 3.8) is 0 Å². The van der Waals surface area contributed by atoms with Crippen molar-refractivity contribution in [1.82, 2.24) is 9.36 Å². The van der Waals surface area contributed by atoms with Gasteiger partial charge in [-0.15, -0.1) is 0 Å². The lowest BCUT2D eigenvalue weighted by Gasteiger charge is -2.10. The van der Waals surface area contributed by atoms with E-state index in [1.165, 1.54) is 12.1 Å². The molecule has 0 spiro atoms. The normalized spacial score (nSPS) is 19.6. The average Bonchev–Trinajstić information content (AvgIpc) is 3.31. The number of hydrogen-bond donors (Lipinski definition) is 1. The van der Waals surface area contributed by atoms with Crippen molar-refractivity contribution in [3.8, 4) is 0 Å². The quantitative estimate of drug-likeness (QED) is 0.483. The Morgan fingerprint density at radius 3 is 2.67 bits per heavy atom. The van der Waals surface area contributed by atoms with Crippen LogP contribution in [-0.2, 0) is 30.6 Å². The van der Waals surface area contributed by atoms with E-state index in [2.05, 4.69) is 19.8 Å². The van der Waals surface area contributed by atoms with Gasteiger partial charge in [-0.1, -0.05) is 24.2 Å². The van der Waals surface area contributed by atoms with Crippen LogP contribution in [0.4, 0.5) is 5.13 Å². The number of ether oxygens (including phenoxy) is 1. The molecule has 2 fully saturated rings. The van der Waals surface area contributed by atoms with Gasteiger partial charge in [0.1, 0.15) is 5.82 Å². The van der Waals surface area contributed by atoms with Crippen LogP contribution in [0.5, 0.6) is 0 Å². The first kappa shape index (κ1) is 20.9. The summed E-state index contributed by atoms with van der Waals surface area (Å²) in [6, 6.07) is 6.15. The van der Waals surface area contributed by atoms with Crippen molar-refractivity contribution in [1.29, 1.82) is 0 Å². The minimum atomic E-state index is -3.31. The zero-order valence-electron chi connectivity index (χ0n) is 16.4. The molecular weight excluding hydrogens is 428 g/mol. The molecule has 1 saturated carbocycles. The summed E-state index contributed by atoms with van der Waals surface area (Å²) in [5, 5.41) is 6.83. The van der Waals surface area contributed by atoms with Gasteiger partial charge in [-0.05, 0) is 25.0 Å². The van der Waals surface area contributed by atoms with Gasteiger partial charge >= 0.3 is 0 Å². The number of aromatic nitrogens is 2. The number of aryl methyl sites for hydroxylation is 1. The smallest absolute Gasteiger partial charge is 0.280 e. The minimum absolute atomic E-state index is 0.0329. The van der Waals surface area contributed by atoms with Gasteiger partial charge in [0, 0.05) is 29.9 Å². The number of hydrogen-bond acceptors (Lipinski definition) is 9. The highest BCUT2D eigenvalue weighted by Crippen LogP contribution is 2.33. The van der Waals surface area contributed by atoms with Gasteiger partial charge in [-0.3, -0.25) is 10.1 Å². The van der Waals surface area contributed by atoms with Gasteiger partial charge in [-0.25, -0.2) is 13.4 Å². The number of carbonyl (C=O) groups is 1. The molecule has 0 bridgehead atoms. The molecule has 2 aliphatic rings.